The van der Waals surface area contributed by atoms with Crippen LogP contribution < -0.4 is 0 Å². The molecule has 1 aliphatic carbocycles. The standard InChI is InChI=1S/C19H31FN2O5/c1-24-8-9-25-10-11-26-12-13-27-15-19(20)5-2-16(3-6-19)18-21-7-4-17(14-23)22-18/h4,7,16,23H,2-3,5-6,8-15H2,1H3/t16-,19-. The Balaban J connectivity index is 1.56. The molecule has 0 spiro atoms. The molecule has 0 aromatic carbocycles. The molecule has 7 nitrogen and oxygen atoms in total. The minimum absolute atomic E-state index is 0.0882. The van der Waals surface area contributed by atoms with E-state index in [1.807, 2.05) is 0 Å². The van der Waals surface area contributed by atoms with E-state index in [-0.39, 0.29) is 19.1 Å². The molecular formula is C19H31FN2O5. The maximum absolute atomic E-state index is 14.9. The first kappa shape index (κ1) is 22.1. The third-order valence-electron chi connectivity index (χ3n) is 4.68. The molecule has 1 N–H and O–H groups in total. The molecule has 1 heterocycles. The van der Waals surface area contributed by atoms with Crippen LogP contribution in [0.1, 0.15) is 43.1 Å². The summed E-state index contributed by atoms with van der Waals surface area (Å²) in [7, 11) is 1.63. The zero-order chi connectivity index (χ0) is 19.4. The second-order valence-electron chi connectivity index (χ2n) is 6.76. The first-order valence-electron chi connectivity index (χ1n) is 9.50. The van der Waals surface area contributed by atoms with E-state index >= 15 is 0 Å². The van der Waals surface area contributed by atoms with Gasteiger partial charge in [0.1, 0.15) is 11.5 Å². The summed E-state index contributed by atoms with van der Waals surface area (Å²) in [5.74, 6) is 0.840. The van der Waals surface area contributed by atoms with Gasteiger partial charge in [0.25, 0.3) is 0 Å². The van der Waals surface area contributed by atoms with Gasteiger partial charge in [-0.05, 0) is 31.7 Å². The van der Waals surface area contributed by atoms with Crippen LogP contribution in [0, 0.1) is 0 Å². The molecule has 0 radical (unpaired) electrons. The third-order valence-corrected chi connectivity index (χ3v) is 4.68. The fourth-order valence-electron chi connectivity index (χ4n) is 3.07. The lowest BCUT2D eigenvalue weighted by atomic mass is 9.80. The van der Waals surface area contributed by atoms with E-state index in [1.54, 1.807) is 19.4 Å². The van der Waals surface area contributed by atoms with Gasteiger partial charge in [0.15, 0.2) is 0 Å². The number of halogens is 1. The Labute approximate surface area is 160 Å². The topological polar surface area (TPSA) is 82.9 Å². The molecule has 0 aliphatic heterocycles. The van der Waals surface area contributed by atoms with Gasteiger partial charge in [-0.1, -0.05) is 0 Å². The molecule has 0 atom stereocenters. The van der Waals surface area contributed by atoms with Crippen LogP contribution >= 0.6 is 0 Å². The van der Waals surface area contributed by atoms with Crippen molar-refractivity contribution in [1.82, 2.24) is 9.97 Å². The number of alkyl halides is 1. The van der Waals surface area contributed by atoms with Crippen molar-refractivity contribution in [2.45, 2.75) is 43.9 Å². The molecule has 0 bridgehead atoms. The van der Waals surface area contributed by atoms with Crippen molar-refractivity contribution in [3.05, 3.63) is 23.8 Å². The second-order valence-corrected chi connectivity index (χ2v) is 6.76. The Hall–Kier alpha value is -1.19. The van der Waals surface area contributed by atoms with Crippen LogP contribution in [0.3, 0.4) is 0 Å². The van der Waals surface area contributed by atoms with Crippen LogP contribution in [0.4, 0.5) is 4.39 Å². The van der Waals surface area contributed by atoms with Crippen LogP contribution in [0.2, 0.25) is 0 Å². The lowest BCUT2D eigenvalue weighted by Crippen LogP contribution is -2.34. The van der Waals surface area contributed by atoms with Gasteiger partial charge >= 0.3 is 0 Å². The molecule has 27 heavy (non-hydrogen) atoms. The summed E-state index contributed by atoms with van der Waals surface area (Å²) in [6.45, 7) is 2.90. The van der Waals surface area contributed by atoms with E-state index in [4.69, 9.17) is 18.9 Å². The van der Waals surface area contributed by atoms with Crippen molar-refractivity contribution < 1.29 is 28.4 Å². The average molecular weight is 386 g/mol. The summed E-state index contributed by atoms with van der Waals surface area (Å²) in [4.78, 5) is 8.62. The lowest BCUT2D eigenvalue weighted by molar-refractivity contribution is -0.0378. The number of rotatable bonds is 13. The van der Waals surface area contributed by atoms with Crippen molar-refractivity contribution in [2.24, 2.45) is 0 Å². The molecule has 1 fully saturated rings. The van der Waals surface area contributed by atoms with Crippen molar-refractivity contribution in [1.29, 1.82) is 0 Å². The minimum Gasteiger partial charge on any atom is -0.390 e. The maximum Gasteiger partial charge on any atom is 0.134 e. The summed E-state index contributed by atoms with van der Waals surface area (Å²) in [5.41, 5.74) is -0.696. The minimum atomic E-state index is -1.30. The molecule has 2 rings (SSSR count). The van der Waals surface area contributed by atoms with Gasteiger partial charge in [0, 0.05) is 19.2 Å². The average Bonchev–Trinajstić information content (AvgIpc) is 2.70. The van der Waals surface area contributed by atoms with Crippen LogP contribution in [0.5, 0.6) is 0 Å². The van der Waals surface area contributed by atoms with Gasteiger partial charge in [-0.15, -0.1) is 0 Å². The van der Waals surface area contributed by atoms with Crippen LogP contribution in [-0.4, -0.2) is 74.1 Å². The number of nitrogens with zero attached hydrogens (tertiary/aromatic N) is 2. The summed E-state index contributed by atoms with van der Waals surface area (Å²) in [6, 6.07) is 1.69. The van der Waals surface area contributed by atoms with Gasteiger partial charge in [-0.2, -0.15) is 0 Å². The summed E-state index contributed by atoms with van der Waals surface area (Å²) in [6.07, 6.45) is 3.88. The molecule has 1 aromatic rings. The van der Waals surface area contributed by atoms with Crippen molar-refractivity contribution in [2.75, 3.05) is 53.4 Å². The third kappa shape index (κ3) is 8.15. The summed E-state index contributed by atoms with van der Waals surface area (Å²) in [5, 5.41) is 9.18. The summed E-state index contributed by atoms with van der Waals surface area (Å²) >= 11 is 0. The lowest BCUT2D eigenvalue weighted by Gasteiger charge is -2.33. The first-order chi connectivity index (χ1) is 13.2. The highest BCUT2D eigenvalue weighted by atomic mass is 19.1. The number of hydrogen-bond acceptors (Lipinski definition) is 7. The Morgan fingerprint density at radius 2 is 1.70 bits per heavy atom. The van der Waals surface area contributed by atoms with Gasteiger partial charge in [-0.25, -0.2) is 14.4 Å². The predicted molar refractivity (Wildman–Crippen MR) is 97.3 cm³/mol. The highest BCUT2D eigenvalue weighted by molar-refractivity contribution is 5.07. The van der Waals surface area contributed by atoms with Crippen LogP contribution in [-0.2, 0) is 25.6 Å². The normalized spacial score (nSPS) is 22.9. The van der Waals surface area contributed by atoms with Crippen molar-refractivity contribution in [3.8, 4) is 0 Å². The fraction of sp³-hybridized carbons (Fsp3) is 0.789. The van der Waals surface area contributed by atoms with E-state index in [2.05, 4.69) is 9.97 Å². The molecule has 0 unspecified atom stereocenters. The Morgan fingerprint density at radius 1 is 1.07 bits per heavy atom. The Kier molecular flexibility index (Phi) is 10.1. The number of methoxy groups -OCH3 is 1. The highest BCUT2D eigenvalue weighted by Crippen LogP contribution is 2.39. The molecule has 154 valence electrons. The second kappa shape index (κ2) is 12.3. The molecule has 1 aromatic heterocycles. The fourth-order valence-corrected chi connectivity index (χ4v) is 3.07. The van der Waals surface area contributed by atoms with Crippen LogP contribution in [0.25, 0.3) is 0 Å². The Bertz CT molecular complexity index is 527. The Morgan fingerprint density at radius 3 is 2.33 bits per heavy atom. The van der Waals surface area contributed by atoms with E-state index in [0.29, 0.717) is 76.8 Å². The van der Waals surface area contributed by atoms with Crippen molar-refractivity contribution in [3.63, 3.8) is 0 Å². The highest BCUT2D eigenvalue weighted by Gasteiger charge is 2.36. The number of ether oxygens (including phenoxy) is 4. The first-order valence-corrected chi connectivity index (χ1v) is 9.50. The van der Waals surface area contributed by atoms with Crippen LogP contribution in [0.15, 0.2) is 12.3 Å². The molecule has 1 saturated carbocycles. The van der Waals surface area contributed by atoms with Gasteiger partial charge < -0.3 is 24.1 Å². The SMILES string of the molecule is COCCOCCOCCOC[C@]1(F)CC[C@H](c2nccc(CO)n2)CC1. The molecule has 0 saturated heterocycles. The van der Waals surface area contributed by atoms with Gasteiger partial charge in [-0.3, -0.25) is 0 Å². The maximum atomic E-state index is 14.9. The quantitative estimate of drug-likeness (QED) is 0.519. The molecular weight excluding hydrogens is 355 g/mol. The summed E-state index contributed by atoms with van der Waals surface area (Å²) < 4.78 is 35.9. The van der Waals surface area contributed by atoms with E-state index in [9.17, 15) is 9.50 Å². The predicted octanol–water partition coefficient (Wildman–Crippen LogP) is 2.03. The van der Waals surface area contributed by atoms with E-state index in [1.165, 1.54) is 0 Å². The van der Waals surface area contributed by atoms with Gasteiger partial charge in [0.05, 0.1) is 58.5 Å². The zero-order valence-electron chi connectivity index (χ0n) is 16.1. The number of aliphatic hydroxyl groups excluding tert-OH is 1. The number of aliphatic hydroxyl groups is 1. The smallest absolute Gasteiger partial charge is 0.134 e. The monoisotopic (exact) mass is 386 g/mol. The van der Waals surface area contributed by atoms with E-state index < -0.39 is 5.67 Å². The van der Waals surface area contributed by atoms with Crippen molar-refractivity contribution >= 4 is 0 Å². The molecule has 8 heteroatoms. The van der Waals surface area contributed by atoms with E-state index in [0.717, 1.165) is 0 Å². The van der Waals surface area contributed by atoms with Gasteiger partial charge in [0.2, 0.25) is 0 Å². The number of aromatic nitrogens is 2. The zero-order valence-corrected chi connectivity index (χ0v) is 16.1. The largest absolute Gasteiger partial charge is 0.390 e. The molecule has 1 aliphatic rings. The number of hydrogen-bond donors (Lipinski definition) is 1. The molecule has 0 amide bonds.